The first kappa shape index (κ1) is 15.8. The number of aryl methyl sites for hydroxylation is 2. The van der Waals surface area contributed by atoms with E-state index in [4.69, 9.17) is 0 Å². The standard InChI is InChI=1S/C15H19F3N2O/c1-10-4-5-12(11(2)8-10)14-19-9-13(21)20(14)7-3-6-15(16,17)18/h4-5,8,14,19H,3,6-7,9H2,1-2H3. The first-order valence-electron chi connectivity index (χ1n) is 6.95. The van der Waals surface area contributed by atoms with Crippen molar-refractivity contribution in [1.29, 1.82) is 0 Å². The number of carbonyl (C=O) groups is 1. The van der Waals surface area contributed by atoms with Crippen LogP contribution in [-0.4, -0.2) is 30.1 Å². The Labute approximate surface area is 122 Å². The summed E-state index contributed by atoms with van der Waals surface area (Å²) in [5, 5.41) is 3.08. The van der Waals surface area contributed by atoms with Crippen LogP contribution in [0.2, 0.25) is 0 Å². The van der Waals surface area contributed by atoms with Crippen LogP contribution in [0.15, 0.2) is 18.2 Å². The zero-order chi connectivity index (χ0) is 15.6. The second-order valence-corrected chi connectivity index (χ2v) is 5.45. The zero-order valence-electron chi connectivity index (χ0n) is 12.1. The number of nitrogens with one attached hydrogen (secondary N) is 1. The Kier molecular flexibility index (Phi) is 4.56. The molecule has 1 atom stereocenters. The van der Waals surface area contributed by atoms with Crippen molar-refractivity contribution >= 4 is 5.91 Å². The van der Waals surface area contributed by atoms with Crippen LogP contribution in [0.3, 0.4) is 0 Å². The van der Waals surface area contributed by atoms with E-state index in [-0.39, 0.29) is 31.6 Å². The molecule has 1 aromatic carbocycles. The lowest BCUT2D eigenvalue weighted by Gasteiger charge is -2.26. The second kappa shape index (κ2) is 6.05. The van der Waals surface area contributed by atoms with Crippen LogP contribution in [0.25, 0.3) is 0 Å². The van der Waals surface area contributed by atoms with Gasteiger partial charge >= 0.3 is 6.18 Å². The van der Waals surface area contributed by atoms with Crippen LogP contribution in [-0.2, 0) is 4.79 Å². The van der Waals surface area contributed by atoms with Crippen molar-refractivity contribution in [3.63, 3.8) is 0 Å². The lowest BCUT2D eigenvalue weighted by Crippen LogP contribution is -2.32. The molecule has 1 N–H and O–H groups in total. The summed E-state index contributed by atoms with van der Waals surface area (Å²) >= 11 is 0. The number of hydrogen-bond donors (Lipinski definition) is 1. The van der Waals surface area contributed by atoms with E-state index in [2.05, 4.69) is 5.32 Å². The van der Waals surface area contributed by atoms with E-state index >= 15 is 0 Å². The number of halogens is 3. The first-order chi connectivity index (χ1) is 9.78. The molecule has 3 nitrogen and oxygen atoms in total. The van der Waals surface area contributed by atoms with Crippen molar-refractivity contribution in [2.24, 2.45) is 0 Å². The summed E-state index contributed by atoms with van der Waals surface area (Å²) in [7, 11) is 0. The van der Waals surface area contributed by atoms with Gasteiger partial charge in [-0.25, -0.2) is 0 Å². The molecule has 1 amide bonds. The van der Waals surface area contributed by atoms with Crippen LogP contribution in [0.1, 0.15) is 35.7 Å². The number of carbonyl (C=O) groups excluding carboxylic acids is 1. The fourth-order valence-corrected chi connectivity index (χ4v) is 2.65. The molecule has 116 valence electrons. The highest BCUT2D eigenvalue weighted by Gasteiger charge is 2.33. The predicted octanol–water partition coefficient (Wildman–Crippen LogP) is 3.08. The molecule has 1 heterocycles. The van der Waals surface area contributed by atoms with Gasteiger partial charge in [0.2, 0.25) is 5.91 Å². The molecule has 6 heteroatoms. The number of benzene rings is 1. The molecule has 0 aliphatic carbocycles. The molecule has 1 aromatic rings. The van der Waals surface area contributed by atoms with Crippen LogP contribution in [0, 0.1) is 13.8 Å². The molecule has 1 unspecified atom stereocenters. The van der Waals surface area contributed by atoms with E-state index in [9.17, 15) is 18.0 Å². The quantitative estimate of drug-likeness (QED) is 0.927. The average Bonchev–Trinajstić information content (AvgIpc) is 2.70. The van der Waals surface area contributed by atoms with Crippen LogP contribution in [0.4, 0.5) is 13.2 Å². The molecule has 0 bridgehead atoms. The maximum absolute atomic E-state index is 12.2. The lowest BCUT2D eigenvalue weighted by atomic mass is 10.0. The van der Waals surface area contributed by atoms with Gasteiger partial charge in [-0.2, -0.15) is 13.2 Å². The summed E-state index contributed by atoms with van der Waals surface area (Å²) in [5.74, 6) is -0.151. The summed E-state index contributed by atoms with van der Waals surface area (Å²) in [5.41, 5.74) is 3.09. The number of nitrogens with zero attached hydrogens (tertiary/aromatic N) is 1. The van der Waals surface area contributed by atoms with Crippen LogP contribution >= 0.6 is 0 Å². The van der Waals surface area contributed by atoms with Gasteiger partial charge in [-0.05, 0) is 31.4 Å². The lowest BCUT2D eigenvalue weighted by molar-refractivity contribution is -0.139. The maximum Gasteiger partial charge on any atom is 0.389 e. The third kappa shape index (κ3) is 3.97. The topological polar surface area (TPSA) is 32.3 Å². The zero-order valence-corrected chi connectivity index (χ0v) is 12.1. The normalized spacial score (nSPS) is 19.4. The fourth-order valence-electron chi connectivity index (χ4n) is 2.65. The van der Waals surface area contributed by atoms with Crippen molar-refractivity contribution in [3.05, 3.63) is 34.9 Å². The van der Waals surface area contributed by atoms with E-state index in [1.54, 1.807) is 0 Å². The van der Waals surface area contributed by atoms with E-state index in [1.165, 1.54) is 4.90 Å². The van der Waals surface area contributed by atoms with E-state index < -0.39 is 12.6 Å². The average molecular weight is 300 g/mol. The molecule has 21 heavy (non-hydrogen) atoms. The largest absolute Gasteiger partial charge is 0.389 e. The molecule has 0 radical (unpaired) electrons. The van der Waals surface area contributed by atoms with Crippen molar-refractivity contribution < 1.29 is 18.0 Å². The Bertz CT molecular complexity index is 528. The SMILES string of the molecule is Cc1ccc(C2NCC(=O)N2CCCC(F)(F)F)c(C)c1. The predicted molar refractivity (Wildman–Crippen MR) is 73.7 cm³/mol. The van der Waals surface area contributed by atoms with Gasteiger partial charge in [0.15, 0.2) is 0 Å². The summed E-state index contributed by atoms with van der Waals surface area (Å²) in [6, 6.07) is 5.88. The van der Waals surface area contributed by atoms with Crippen LogP contribution in [0.5, 0.6) is 0 Å². The summed E-state index contributed by atoms with van der Waals surface area (Å²) in [6.07, 6.45) is -5.44. The summed E-state index contributed by atoms with van der Waals surface area (Å²) in [6.45, 7) is 4.21. The molecule has 0 aromatic heterocycles. The van der Waals surface area contributed by atoms with Crippen molar-refractivity contribution in [3.8, 4) is 0 Å². The number of amides is 1. The third-order valence-corrected chi connectivity index (χ3v) is 3.66. The number of rotatable bonds is 4. The van der Waals surface area contributed by atoms with Gasteiger partial charge in [0, 0.05) is 13.0 Å². The highest BCUT2D eigenvalue weighted by atomic mass is 19.4. The van der Waals surface area contributed by atoms with Gasteiger partial charge in [0.1, 0.15) is 6.17 Å². The van der Waals surface area contributed by atoms with Crippen molar-refractivity contribution in [2.45, 2.75) is 39.0 Å². The highest BCUT2D eigenvalue weighted by Crippen LogP contribution is 2.28. The van der Waals surface area contributed by atoms with Crippen molar-refractivity contribution in [1.82, 2.24) is 10.2 Å². The van der Waals surface area contributed by atoms with Gasteiger partial charge in [0.25, 0.3) is 0 Å². The molecule has 0 saturated carbocycles. The highest BCUT2D eigenvalue weighted by molar-refractivity contribution is 5.81. The van der Waals surface area contributed by atoms with E-state index in [1.807, 2.05) is 32.0 Å². The van der Waals surface area contributed by atoms with Gasteiger partial charge in [-0.1, -0.05) is 23.8 Å². The Morgan fingerprint density at radius 1 is 1.33 bits per heavy atom. The Morgan fingerprint density at radius 2 is 2.05 bits per heavy atom. The molecule has 2 rings (SSSR count). The summed E-state index contributed by atoms with van der Waals surface area (Å²) in [4.78, 5) is 13.4. The minimum absolute atomic E-state index is 0.0711. The molecular formula is C15H19F3N2O. The van der Waals surface area contributed by atoms with Gasteiger partial charge in [-0.3, -0.25) is 10.1 Å². The Hall–Kier alpha value is -1.56. The Morgan fingerprint density at radius 3 is 2.67 bits per heavy atom. The molecule has 1 aliphatic heterocycles. The summed E-state index contributed by atoms with van der Waals surface area (Å²) < 4.78 is 36.7. The third-order valence-electron chi connectivity index (χ3n) is 3.66. The molecule has 1 saturated heterocycles. The fraction of sp³-hybridized carbons (Fsp3) is 0.533. The smallest absolute Gasteiger partial charge is 0.322 e. The number of hydrogen-bond acceptors (Lipinski definition) is 2. The molecule has 1 fully saturated rings. The second-order valence-electron chi connectivity index (χ2n) is 5.45. The van der Waals surface area contributed by atoms with Gasteiger partial charge in [-0.15, -0.1) is 0 Å². The number of alkyl halides is 3. The molecule has 1 aliphatic rings. The van der Waals surface area contributed by atoms with E-state index in [0.29, 0.717) is 0 Å². The van der Waals surface area contributed by atoms with E-state index in [0.717, 1.165) is 16.7 Å². The first-order valence-corrected chi connectivity index (χ1v) is 6.95. The van der Waals surface area contributed by atoms with Crippen LogP contribution < -0.4 is 5.32 Å². The molecule has 0 spiro atoms. The minimum Gasteiger partial charge on any atom is -0.322 e. The maximum atomic E-state index is 12.2. The minimum atomic E-state index is -4.18. The Balaban J connectivity index is 2.09. The van der Waals surface area contributed by atoms with Gasteiger partial charge < -0.3 is 4.90 Å². The van der Waals surface area contributed by atoms with Crippen molar-refractivity contribution in [2.75, 3.05) is 13.1 Å². The van der Waals surface area contributed by atoms with Gasteiger partial charge in [0.05, 0.1) is 6.54 Å². The molecular weight excluding hydrogens is 281 g/mol. The monoisotopic (exact) mass is 300 g/mol.